The standard InChI is InChI=1S/C9H15NO5/c11-7-2-1-3-10(4-7)8(12)5-15-6-9(13)14/h7,11H,1-6H2,(H,13,14)/t7-/m1/s1. The van der Waals surface area contributed by atoms with E-state index in [1.54, 1.807) is 0 Å². The Labute approximate surface area is 87.4 Å². The number of amides is 1. The molecule has 0 aromatic rings. The van der Waals surface area contributed by atoms with Gasteiger partial charge in [0.25, 0.3) is 0 Å². The van der Waals surface area contributed by atoms with Crippen molar-refractivity contribution in [3.63, 3.8) is 0 Å². The van der Waals surface area contributed by atoms with Crippen molar-refractivity contribution in [2.75, 3.05) is 26.3 Å². The fourth-order valence-electron chi connectivity index (χ4n) is 1.50. The molecule has 0 bridgehead atoms. The van der Waals surface area contributed by atoms with Crippen LogP contribution >= 0.6 is 0 Å². The van der Waals surface area contributed by atoms with Crippen LogP contribution in [0.25, 0.3) is 0 Å². The lowest BCUT2D eigenvalue weighted by atomic mass is 10.1. The van der Waals surface area contributed by atoms with Gasteiger partial charge < -0.3 is 19.8 Å². The van der Waals surface area contributed by atoms with Crippen LogP contribution in [-0.4, -0.2) is 59.4 Å². The highest BCUT2D eigenvalue weighted by atomic mass is 16.5. The molecule has 0 spiro atoms. The Morgan fingerprint density at radius 2 is 2.13 bits per heavy atom. The topological polar surface area (TPSA) is 87.1 Å². The van der Waals surface area contributed by atoms with E-state index in [1.165, 1.54) is 4.90 Å². The number of nitrogens with zero attached hydrogens (tertiary/aromatic N) is 1. The number of carbonyl (C=O) groups excluding carboxylic acids is 1. The number of hydrogen-bond acceptors (Lipinski definition) is 4. The van der Waals surface area contributed by atoms with Crippen LogP contribution in [0.1, 0.15) is 12.8 Å². The largest absolute Gasteiger partial charge is 0.480 e. The van der Waals surface area contributed by atoms with E-state index in [0.29, 0.717) is 19.5 Å². The van der Waals surface area contributed by atoms with Gasteiger partial charge in [-0.15, -0.1) is 0 Å². The normalized spacial score (nSPS) is 21.4. The number of carbonyl (C=O) groups is 2. The minimum Gasteiger partial charge on any atom is -0.480 e. The number of β-amino-alcohol motifs (C(OH)–C–C–N with tert-alkyl or cyclic N) is 1. The molecule has 86 valence electrons. The van der Waals surface area contributed by atoms with Crippen molar-refractivity contribution in [3.05, 3.63) is 0 Å². The molecule has 1 saturated heterocycles. The number of rotatable bonds is 4. The molecule has 1 amide bonds. The Kier molecular flexibility index (Phi) is 4.51. The predicted octanol–water partition coefficient (Wildman–Crippen LogP) is -0.929. The van der Waals surface area contributed by atoms with Crippen LogP contribution in [0.3, 0.4) is 0 Å². The number of carboxylic acid groups (broad SMARTS) is 1. The molecule has 1 aliphatic heterocycles. The monoisotopic (exact) mass is 217 g/mol. The summed E-state index contributed by atoms with van der Waals surface area (Å²) in [4.78, 5) is 23.0. The second-order valence-corrected chi connectivity index (χ2v) is 3.52. The van der Waals surface area contributed by atoms with Gasteiger partial charge in [-0.25, -0.2) is 4.79 Å². The maximum atomic E-state index is 11.4. The van der Waals surface area contributed by atoms with Crippen molar-refractivity contribution >= 4 is 11.9 Å². The maximum Gasteiger partial charge on any atom is 0.329 e. The summed E-state index contributed by atoms with van der Waals surface area (Å²) in [5, 5.41) is 17.6. The van der Waals surface area contributed by atoms with Gasteiger partial charge in [-0.3, -0.25) is 4.79 Å². The Hall–Kier alpha value is -1.14. The third-order valence-corrected chi connectivity index (χ3v) is 2.20. The molecule has 0 aliphatic carbocycles. The zero-order valence-corrected chi connectivity index (χ0v) is 8.39. The van der Waals surface area contributed by atoms with Crippen LogP contribution in [0, 0.1) is 0 Å². The van der Waals surface area contributed by atoms with Crippen LogP contribution in [0.4, 0.5) is 0 Å². The maximum absolute atomic E-state index is 11.4. The number of aliphatic hydroxyl groups is 1. The minimum absolute atomic E-state index is 0.237. The molecule has 0 aromatic carbocycles. The van der Waals surface area contributed by atoms with Gasteiger partial charge in [-0.05, 0) is 12.8 Å². The van der Waals surface area contributed by atoms with E-state index in [2.05, 4.69) is 4.74 Å². The molecule has 1 fully saturated rings. The van der Waals surface area contributed by atoms with Gasteiger partial charge in [0, 0.05) is 13.1 Å². The molecule has 0 radical (unpaired) electrons. The highest BCUT2D eigenvalue weighted by Crippen LogP contribution is 2.09. The predicted molar refractivity (Wildman–Crippen MR) is 50.3 cm³/mol. The number of aliphatic hydroxyl groups excluding tert-OH is 1. The lowest BCUT2D eigenvalue weighted by Gasteiger charge is -2.29. The molecule has 0 saturated carbocycles. The molecular weight excluding hydrogens is 202 g/mol. The molecule has 1 atom stereocenters. The van der Waals surface area contributed by atoms with Crippen LogP contribution in [0.15, 0.2) is 0 Å². The first-order valence-electron chi connectivity index (χ1n) is 4.85. The van der Waals surface area contributed by atoms with Crippen molar-refractivity contribution in [3.8, 4) is 0 Å². The number of carboxylic acids is 1. The quantitative estimate of drug-likeness (QED) is 0.635. The summed E-state index contributed by atoms with van der Waals surface area (Å²) in [5.74, 6) is -1.36. The minimum atomic E-state index is -1.10. The average molecular weight is 217 g/mol. The molecule has 0 aromatic heterocycles. The van der Waals surface area contributed by atoms with Crippen molar-refractivity contribution in [2.45, 2.75) is 18.9 Å². The molecule has 2 N–H and O–H groups in total. The number of aliphatic carboxylic acids is 1. The smallest absolute Gasteiger partial charge is 0.329 e. The van der Waals surface area contributed by atoms with Crippen LogP contribution < -0.4 is 0 Å². The number of piperidine rings is 1. The Morgan fingerprint density at radius 3 is 2.73 bits per heavy atom. The van der Waals surface area contributed by atoms with Gasteiger partial charge in [0.2, 0.25) is 5.91 Å². The summed E-state index contributed by atoms with van der Waals surface area (Å²) >= 11 is 0. The van der Waals surface area contributed by atoms with E-state index in [1.807, 2.05) is 0 Å². The highest BCUT2D eigenvalue weighted by molar-refractivity contribution is 5.78. The van der Waals surface area contributed by atoms with E-state index in [9.17, 15) is 14.7 Å². The van der Waals surface area contributed by atoms with Gasteiger partial charge >= 0.3 is 5.97 Å². The van der Waals surface area contributed by atoms with Crippen molar-refractivity contribution < 1.29 is 24.5 Å². The van der Waals surface area contributed by atoms with Gasteiger partial charge in [0.15, 0.2) is 0 Å². The van der Waals surface area contributed by atoms with E-state index < -0.39 is 18.7 Å². The van der Waals surface area contributed by atoms with Gasteiger partial charge in [-0.2, -0.15) is 0 Å². The van der Waals surface area contributed by atoms with E-state index in [4.69, 9.17) is 5.11 Å². The zero-order chi connectivity index (χ0) is 11.3. The van der Waals surface area contributed by atoms with Crippen LogP contribution in [-0.2, 0) is 14.3 Å². The van der Waals surface area contributed by atoms with Crippen molar-refractivity contribution in [2.24, 2.45) is 0 Å². The first kappa shape index (κ1) is 11.9. The third-order valence-electron chi connectivity index (χ3n) is 2.20. The SMILES string of the molecule is O=C(O)COCC(=O)N1CCC[C@@H](O)C1. The van der Waals surface area contributed by atoms with Gasteiger partial charge in [-0.1, -0.05) is 0 Å². The number of likely N-dealkylation sites (tertiary alicyclic amines) is 1. The lowest BCUT2D eigenvalue weighted by molar-refractivity contribution is -0.147. The second-order valence-electron chi connectivity index (χ2n) is 3.52. The van der Waals surface area contributed by atoms with Crippen LogP contribution in [0.5, 0.6) is 0 Å². The lowest BCUT2D eigenvalue weighted by Crippen LogP contribution is -2.43. The molecule has 1 rings (SSSR count). The van der Waals surface area contributed by atoms with Gasteiger partial charge in [0.1, 0.15) is 13.2 Å². The molecule has 0 unspecified atom stereocenters. The zero-order valence-electron chi connectivity index (χ0n) is 8.39. The summed E-state index contributed by atoms with van der Waals surface area (Å²) in [6.45, 7) is 0.211. The Morgan fingerprint density at radius 1 is 1.40 bits per heavy atom. The summed E-state index contributed by atoms with van der Waals surface area (Å²) in [7, 11) is 0. The number of ether oxygens (including phenoxy) is 1. The first-order valence-corrected chi connectivity index (χ1v) is 4.85. The van der Waals surface area contributed by atoms with E-state index in [-0.39, 0.29) is 12.5 Å². The van der Waals surface area contributed by atoms with Crippen molar-refractivity contribution in [1.29, 1.82) is 0 Å². The average Bonchev–Trinajstić information content (AvgIpc) is 2.17. The Balaban J connectivity index is 2.24. The number of hydrogen-bond donors (Lipinski definition) is 2. The summed E-state index contributed by atoms with van der Waals surface area (Å²) < 4.78 is 4.67. The first-order chi connectivity index (χ1) is 7.09. The Bertz CT molecular complexity index is 243. The fourth-order valence-corrected chi connectivity index (χ4v) is 1.50. The van der Waals surface area contributed by atoms with E-state index in [0.717, 1.165) is 6.42 Å². The molecule has 1 aliphatic rings. The summed E-state index contributed by atoms with van der Waals surface area (Å²) in [5.41, 5.74) is 0. The van der Waals surface area contributed by atoms with E-state index >= 15 is 0 Å². The summed E-state index contributed by atoms with van der Waals surface area (Å²) in [6.07, 6.45) is 1.01. The fraction of sp³-hybridized carbons (Fsp3) is 0.778. The third kappa shape index (κ3) is 4.26. The molecular formula is C9H15NO5. The molecule has 1 heterocycles. The van der Waals surface area contributed by atoms with Gasteiger partial charge in [0.05, 0.1) is 6.10 Å². The molecule has 15 heavy (non-hydrogen) atoms. The van der Waals surface area contributed by atoms with Crippen molar-refractivity contribution in [1.82, 2.24) is 4.90 Å². The second kappa shape index (κ2) is 5.67. The van der Waals surface area contributed by atoms with Crippen LogP contribution in [0.2, 0.25) is 0 Å². The highest BCUT2D eigenvalue weighted by Gasteiger charge is 2.21. The molecule has 6 nitrogen and oxygen atoms in total. The molecule has 6 heteroatoms. The summed E-state index contributed by atoms with van der Waals surface area (Å²) in [6, 6.07) is 0.